The topological polar surface area (TPSA) is 63.1 Å². The third-order valence-corrected chi connectivity index (χ3v) is 4.34. The normalized spacial score (nSPS) is 12.8. The summed E-state index contributed by atoms with van der Waals surface area (Å²) in [4.78, 5) is 19.5. The summed E-state index contributed by atoms with van der Waals surface area (Å²) in [6, 6.07) is 2.15. The number of hydrogen-bond donors (Lipinski definition) is 1. The number of rotatable bonds is 6. The minimum absolute atomic E-state index is 0.0596. The first-order chi connectivity index (χ1) is 10.9. The molecule has 6 heteroatoms. The number of aryl methyl sites for hydroxylation is 3. The maximum Gasteiger partial charge on any atom is 0.252 e. The molecule has 0 aliphatic heterocycles. The molecule has 6 nitrogen and oxygen atoms in total. The van der Waals surface area contributed by atoms with Gasteiger partial charge in [-0.15, -0.1) is 0 Å². The molecular formula is C17H27N5O. The predicted octanol–water partition coefficient (Wildman–Crippen LogP) is 2.05. The molecule has 0 radical (unpaired) electrons. The molecule has 0 fully saturated rings. The monoisotopic (exact) mass is 317 g/mol. The number of carbonyl (C=O) groups is 1. The Balaban J connectivity index is 2.25. The first-order valence-corrected chi connectivity index (χ1v) is 8.22. The molecule has 0 aliphatic carbocycles. The molecule has 1 atom stereocenters. The van der Waals surface area contributed by atoms with Gasteiger partial charge in [-0.1, -0.05) is 13.8 Å². The fourth-order valence-corrected chi connectivity index (χ4v) is 3.06. The molecule has 2 aromatic heterocycles. The van der Waals surface area contributed by atoms with Gasteiger partial charge in [0.05, 0.1) is 16.6 Å². The van der Waals surface area contributed by atoms with E-state index in [4.69, 9.17) is 0 Å². The highest BCUT2D eigenvalue weighted by molar-refractivity contribution is 6.06. The van der Waals surface area contributed by atoms with Gasteiger partial charge in [0.2, 0.25) is 0 Å². The summed E-state index contributed by atoms with van der Waals surface area (Å²) in [5, 5.41) is 8.29. The highest BCUT2D eigenvalue weighted by atomic mass is 16.1. The maximum absolute atomic E-state index is 12.7. The van der Waals surface area contributed by atoms with Crippen molar-refractivity contribution in [2.45, 2.75) is 40.7 Å². The van der Waals surface area contributed by atoms with Crippen LogP contribution in [0.15, 0.2) is 6.07 Å². The number of hydrogen-bond acceptors (Lipinski definition) is 4. The average molecular weight is 317 g/mol. The highest BCUT2D eigenvalue weighted by Crippen LogP contribution is 2.21. The van der Waals surface area contributed by atoms with Gasteiger partial charge in [0.25, 0.3) is 5.91 Å². The molecule has 23 heavy (non-hydrogen) atoms. The molecule has 0 bridgehead atoms. The van der Waals surface area contributed by atoms with E-state index in [0.29, 0.717) is 18.2 Å². The zero-order valence-electron chi connectivity index (χ0n) is 15.0. The smallest absolute Gasteiger partial charge is 0.252 e. The van der Waals surface area contributed by atoms with Crippen LogP contribution < -0.4 is 5.32 Å². The summed E-state index contributed by atoms with van der Waals surface area (Å²) >= 11 is 0. The molecule has 0 saturated heterocycles. The van der Waals surface area contributed by atoms with Gasteiger partial charge in [0.15, 0.2) is 5.65 Å². The van der Waals surface area contributed by atoms with E-state index in [1.54, 1.807) is 4.68 Å². The molecule has 0 spiro atoms. The van der Waals surface area contributed by atoms with Crippen LogP contribution in [-0.2, 0) is 7.05 Å². The van der Waals surface area contributed by atoms with Crippen LogP contribution >= 0.6 is 0 Å². The Morgan fingerprint density at radius 1 is 1.35 bits per heavy atom. The molecule has 0 saturated carbocycles. The standard InChI is InChI=1S/C17H27N5O/c1-7-22(8-2)12(4)10-18-17(23)14-9-11(3)19-16-15(14)13(5)20-21(16)6/h9,12H,7-8,10H2,1-6H3,(H,18,23). The molecule has 2 rings (SSSR count). The van der Waals surface area contributed by atoms with Crippen molar-refractivity contribution in [3.05, 3.63) is 23.0 Å². The van der Waals surface area contributed by atoms with Crippen molar-refractivity contribution in [2.75, 3.05) is 19.6 Å². The molecule has 2 heterocycles. The van der Waals surface area contributed by atoms with Gasteiger partial charge in [-0.25, -0.2) is 4.98 Å². The lowest BCUT2D eigenvalue weighted by Crippen LogP contribution is -2.42. The number of nitrogens with one attached hydrogen (secondary N) is 1. The van der Waals surface area contributed by atoms with Gasteiger partial charge in [0, 0.05) is 25.3 Å². The van der Waals surface area contributed by atoms with Crippen LogP contribution in [0.25, 0.3) is 11.0 Å². The Hall–Kier alpha value is -1.95. The second-order valence-electron chi connectivity index (χ2n) is 6.00. The number of likely N-dealkylation sites (N-methyl/N-ethyl adjacent to an activating group) is 1. The van der Waals surface area contributed by atoms with Crippen LogP contribution in [0, 0.1) is 13.8 Å². The van der Waals surface area contributed by atoms with Gasteiger partial charge in [-0.2, -0.15) is 5.10 Å². The third kappa shape index (κ3) is 3.52. The van der Waals surface area contributed by atoms with Gasteiger partial charge in [-0.05, 0) is 39.9 Å². The lowest BCUT2D eigenvalue weighted by Gasteiger charge is -2.26. The lowest BCUT2D eigenvalue weighted by atomic mass is 10.1. The minimum atomic E-state index is -0.0596. The van der Waals surface area contributed by atoms with Gasteiger partial charge in [0.1, 0.15) is 0 Å². The van der Waals surface area contributed by atoms with E-state index in [1.165, 1.54) is 0 Å². The zero-order chi connectivity index (χ0) is 17.1. The van der Waals surface area contributed by atoms with E-state index in [1.807, 2.05) is 27.0 Å². The van der Waals surface area contributed by atoms with Gasteiger partial charge >= 0.3 is 0 Å². The number of nitrogens with zero attached hydrogens (tertiary/aromatic N) is 4. The van der Waals surface area contributed by atoms with Crippen molar-refractivity contribution in [2.24, 2.45) is 7.05 Å². The summed E-state index contributed by atoms with van der Waals surface area (Å²) in [6.07, 6.45) is 0. The van der Waals surface area contributed by atoms with E-state index in [0.717, 1.165) is 35.5 Å². The second-order valence-corrected chi connectivity index (χ2v) is 6.00. The average Bonchev–Trinajstić information content (AvgIpc) is 2.79. The second kappa shape index (κ2) is 7.08. The van der Waals surface area contributed by atoms with E-state index >= 15 is 0 Å². The lowest BCUT2D eigenvalue weighted by molar-refractivity contribution is 0.0939. The van der Waals surface area contributed by atoms with Crippen molar-refractivity contribution < 1.29 is 4.79 Å². The van der Waals surface area contributed by atoms with Crippen LogP contribution in [0.5, 0.6) is 0 Å². The van der Waals surface area contributed by atoms with Crippen molar-refractivity contribution in [1.29, 1.82) is 0 Å². The summed E-state index contributed by atoms with van der Waals surface area (Å²) < 4.78 is 1.73. The number of fused-ring (bicyclic) bond motifs is 1. The van der Waals surface area contributed by atoms with E-state index in [9.17, 15) is 4.79 Å². The Bertz CT molecular complexity index is 703. The summed E-state index contributed by atoms with van der Waals surface area (Å²) in [6.45, 7) is 12.8. The minimum Gasteiger partial charge on any atom is -0.350 e. The highest BCUT2D eigenvalue weighted by Gasteiger charge is 2.18. The SMILES string of the molecule is CCN(CC)C(C)CNC(=O)c1cc(C)nc2c1c(C)nn2C. The van der Waals surface area contributed by atoms with Crippen LogP contribution in [0.1, 0.15) is 42.5 Å². The van der Waals surface area contributed by atoms with Crippen LogP contribution in [0.3, 0.4) is 0 Å². The van der Waals surface area contributed by atoms with E-state index in [2.05, 4.69) is 41.1 Å². The molecule has 1 N–H and O–H groups in total. The number of aromatic nitrogens is 3. The fraction of sp³-hybridized carbons (Fsp3) is 0.588. The summed E-state index contributed by atoms with van der Waals surface area (Å²) in [5.41, 5.74) is 3.06. The van der Waals surface area contributed by atoms with E-state index in [-0.39, 0.29) is 5.91 Å². The zero-order valence-corrected chi connectivity index (χ0v) is 15.0. The van der Waals surface area contributed by atoms with Crippen LogP contribution in [0.4, 0.5) is 0 Å². The molecule has 2 aromatic rings. The van der Waals surface area contributed by atoms with E-state index < -0.39 is 0 Å². The first-order valence-electron chi connectivity index (χ1n) is 8.22. The third-order valence-electron chi connectivity index (χ3n) is 4.34. The van der Waals surface area contributed by atoms with Crippen molar-refractivity contribution in [3.8, 4) is 0 Å². The Labute approximate surface area is 137 Å². The quantitative estimate of drug-likeness (QED) is 0.885. The molecule has 0 aromatic carbocycles. The Morgan fingerprint density at radius 2 is 2.00 bits per heavy atom. The van der Waals surface area contributed by atoms with Crippen LogP contribution in [0.2, 0.25) is 0 Å². The van der Waals surface area contributed by atoms with Crippen molar-refractivity contribution >= 4 is 16.9 Å². The first kappa shape index (κ1) is 17.4. The molecule has 0 aliphatic rings. The number of amides is 1. The Kier molecular flexibility index (Phi) is 5.36. The van der Waals surface area contributed by atoms with Gasteiger partial charge in [-0.3, -0.25) is 14.4 Å². The number of carbonyl (C=O) groups excluding carboxylic acids is 1. The number of pyridine rings is 1. The predicted molar refractivity (Wildman–Crippen MR) is 92.7 cm³/mol. The molecule has 1 amide bonds. The largest absolute Gasteiger partial charge is 0.350 e. The molecule has 126 valence electrons. The molecule has 1 unspecified atom stereocenters. The van der Waals surface area contributed by atoms with Crippen molar-refractivity contribution in [1.82, 2.24) is 25.0 Å². The fourth-order valence-electron chi connectivity index (χ4n) is 3.06. The van der Waals surface area contributed by atoms with Crippen LogP contribution in [-0.4, -0.2) is 51.2 Å². The maximum atomic E-state index is 12.7. The Morgan fingerprint density at radius 3 is 2.61 bits per heavy atom. The van der Waals surface area contributed by atoms with Crippen molar-refractivity contribution in [3.63, 3.8) is 0 Å². The summed E-state index contributed by atoms with van der Waals surface area (Å²) in [7, 11) is 1.85. The van der Waals surface area contributed by atoms with Gasteiger partial charge < -0.3 is 5.32 Å². The molecular weight excluding hydrogens is 290 g/mol. The summed E-state index contributed by atoms with van der Waals surface area (Å²) in [5.74, 6) is -0.0596.